The van der Waals surface area contributed by atoms with Gasteiger partial charge in [0.25, 0.3) is 5.78 Å². The molecule has 216 valence electrons. The van der Waals surface area contributed by atoms with Crippen LogP contribution in [0, 0.1) is 6.92 Å². The highest BCUT2D eigenvalue weighted by molar-refractivity contribution is 7.17. The number of amides is 1. The fraction of sp³-hybridized carbons (Fsp3) is 0.310. The summed E-state index contributed by atoms with van der Waals surface area (Å²) in [5.74, 6) is -1.48. The Kier molecular flexibility index (Phi) is 8.52. The number of Topliss-reactive ketones (excluding diaryl/α,β-unsaturated/α-hetero) is 1. The molecule has 1 aliphatic heterocycles. The van der Waals surface area contributed by atoms with Crippen molar-refractivity contribution in [2.75, 3.05) is 33.3 Å². The number of nitrogens with zero attached hydrogens (tertiary/aromatic N) is 2. The zero-order valence-electron chi connectivity index (χ0n) is 23.6. The van der Waals surface area contributed by atoms with Crippen molar-refractivity contribution >= 4 is 39.9 Å². The van der Waals surface area contributed by atoms with Crippen molar-refractivity contribution in [1.82, 2.24) is 4.98 Å². The highest BCUT2D eigenvalue weighted by Crippen LogP contribution is 2.48. The molecule has 1 aromatic heterocycles. The van der Waals surface area contributed by atoms with Crippen molar-refractivity contribution in [3.63, 3.8) is 0 Å². The molecule has 41 heavy (non-hydrogen) atoms. The van der Waals surface area contributed by atoms with Crippen LogP contribution in [-0.4, -0.2) is 62.3 Å². The number of hydrogen-bond acceptors (Lipinski definition) is 11. The second-order valence-electron chi connectivity index (χ2n) is 9.22. The minimum Gasteiger partial charge on any atom is -0.507 e. The number of aryl methyl sites for hydroxylation is 1. The Morgan fingerprint density at radius 3 is 2.12 bits per heavy atom. The topological polar surface area (TPSA) is 134 Å². The summed E-state index contributed by atoms with van der Waals surface area (Å²) in [4.78, 5) is 45.2. The van der Waals surface area contributed by atoms with Crippen LogP contribution in [0.3, 0.4) is 0 Å². The minimum atomic E-state index is -1.16. The third-order valence-electron chi connectivity index (χ3n) is 6.31. The van der Waals surface area contributed by atoms with Crippen molar-refractivity contribution in [1.29, 1.82) is 0 Å². The number of aromatic nitrogens is 1. The molecule has 0 radical (unpaired) electrons. The van der Waals surface area contributed by atoms with Gasteiger partial charge in [-0.25, -0.2) is 9.78 Å². The van der Waals surface area contributed by atoms with E-state index >= 15 is 0 Å². The van der Waals surface area contributed by atoms with Gasteiger partial charge >= 0.3 is 11.9 Å². The highest BCUT2D eigenvalue weighted by Gasteiger charge is 2.49. The van der Waals surface area contributed by atoms with E-state index in [1.54, 1.807) is 43.3 Å². The maximum absolute atomic E-state index is 13.6. The van der Waals surface area contributed by atoms with Crippen LogP contribution >= 0.6 is 11.3 Å². The summed E-state index contributed by atoms with van der Waals surface area (Å²) in [6.45, 7) is 5.37. The Morgan fingerprint density at radius 2 is 1.61 bits per heavy atom. The molecule has 0 aliphatic carbocycles. The lowest BCUT2D eigenvalue weighted by atomic mass is 9.94. The van der Waals surface area contributed by atoms with E-state index in [9.17, 15) is 19.5 Å². The van der Waals surface area contributed by atoms with Crippen LogP contribution in [-0.2, 0) is 14.3 Å². The summed E-state index contributed by atoms with van der Waals surface area (Å²) >= 11 is 0.898. The summed E-state index contributed by atoms with van der Waals surface area (Å²) in [6, 6.07) is 8.51. The van der Waals surface area contributed by atoms with Gasteiger partial charge in [-0.2, -0.15) is 0 Å². The largest absolute Gasteiger partial charge is 0.507 e. The van der Waals surface area contributed by atoms with Gasteiger partial charge in [0.15, 0.2) is 16.6 Å². The van der Waals surface area contributed by atoms with E-state index in [0.29, 0.717) is 28.3 Å². The van der Waals surface area contributed by atoms with Gasteiger partial charge in [-0.1, -0.05) is 11.3 Å². The first-order valence-electron chi connectivity index (χ1n) is 12.5. The van der Waals surface area contributed by atoms with Gasteiger partial charge < -0.3 is 28.8 Å². The molecule has 12 heteroatoms. The molecule has 1 unspecified atom stereocenters. The molecular weight excluding hydrogens is 552 g/mol. The van der Waals surface area contributed by atoms with Crippen LogP contribution in [0.15, 0.2) is 42.0 Å². The number of ether oxygens (including phenoxy) is 5. The van der Waals surface area contributed by atoms with E-state index in [2.05, 4.69) is 4.98 Å². The van der Waals surface area contributed by atoms with Crippen molar-refractivity contribution in [2.45, 2.75) is 32.9 Å². The number of thiazole rings is 1. The Morgan fingerprint density at radius 1 is 1.00 bits per heavy atom. The van der Waals surface area contributed by atoms with E-state index < -0.39 is 29.5 Å². The third-order valence-corrected chi connectivity index (χ3v) is 7.45. The number of ketones is 1. The summed E-state index contributed by atoms with van der Waals surface area (Å²) in [7, 11) is 5.56. The van der Waals surface area contributed by atoms with Crippen molar-refractivity contribution < 1.29 is 43.2 Å². The standard InChI is InChI=1S/C29H30N2O9S/c1-14(2)40-18-10-8-16(9-11-18)23(32)21-22(17-12-19(36-4)25(38-6)20(13-17)37-5)31(27(34)24(21)33)29-30-15(3)26(41-29)28(35)39-7/h8-14,22,32H,1-7H3/b23-21+. The highest BCUT2D eigenvalue weighted by atomic mass is 32.1. The summed E-state index contributed by atoms with van der Waals surface area (Å²) in [6.07, 6.45) is -0.0589. The van der Waals surface area contributed by atoms with E-state index in [4.69, 9.17) is 23.7 Å². The first-order valence-corrected chi connectivity index (χ1v) is 13.3. The number of carbonyl (C=O) groups excluding carboxylic acids is 3. The minimum absolute atomic E-state index is 0.0589. The number of hydrogen-bond donors (Lipinski definition) is 1. The van der Waals surface area contributed by atoms with Gasteiger partial charge in [0, 0.05) is 5.56 Å². The maximum Gasteiger partial charge on any atom is 0.350 e. The summed E-state index contributed by atoms with van der Waals surface area (Å²) in [5, 5.41) is 11.6. The van der Waals surface area contributed by atoms with Crippen molar-refractivity contribution in [3.8, 4) is 23.0 Å². The fourth-order valence-corrected chi connectivity index (χ4v) is 5.50. The molecule has 1 N–H and O–H groups in total. The number of esters is 1. The predicted molar refractivity (Wildman–Crippen MR) is 151 cm³/mol. The molecule has 0 bridgehead atoms. The average molecular weight is 583 g/mol. The molecular formula is C29H30N2O9S. The zero-order valence-corrected chi connectivity index (χ0v) is 24.5. The van der Waals surface area contributed by atoms with Crippen LogP contribution in [0.5, 0.6) is 23.0 Å². The number of carbonyl (C=O) groups is 3. The number of methoxy groups -OCH3 is 4. The SMILES string of the molecule is COC(=O)c1sc(N2C(=O)C(=O)/C(=C(/O)c3ccc(OC(C)C)cc3)C2c2cc(OC)c(OC)c(OC)c2)nc1C. The third kappa shape index (κ3) is 5.42. The molecule has 0 saturated carbocycles. The smallest absolute Gasteiger partial charge is 0.350 e. The first-order chi connectivity index (χ1) is 19.6. The van der Waals surface area contributed by atoms with Crippen molar-refractivity contribution in [3.05, 3.63) is 63.7 Å². The monoisotopic (exact) mass is 582 g/mol. The van der Waals surface area contributed by atoms with Crippen LogP contribution in [0.2, 0.25) is 0 Å². The van der Waals surface area contributed by atoms with Crippen LogP contribution in [0.1, 0.15) is 46.4 Å². The number of aliphatic hydroxyl groups is 1. The molecule has 1 aliphatic rings. The van der Waals surface area contributed by atoms with Crippen LogP contribution in [0.4, 0.5) is 5.13 Å². The number of aliphatic hydroxyl groups excluding tert-OH is 1. The lowest BCUT2D eigenvalue weighted by Gasteiger charge is -2.24. The number of anilines is 1. The Balaban J connectivity index is 1.97. The number of benzene rings is 2. The van der Waals surface area contributed by atoms with E-state index in [-0.39, 0.29) is 33.2 Å². The second kappa shape index (κ2) is 11.9. The molecule has 1 atom stereocenters. The van der Waals surface area contributed by atoms with Crippen LogP contribution < -0.4 is 23.8 Å². The Labute approximate surface area is 240 Å². The molecule has 1 amide bonds. The molecule has 0 spiro atoms. The van der Waals surface area contributed by atoms with Gasteiger partial charge in [-0.05, 0) is 62.7 Å². The summed E-state index contributed by atoms with van der Waals surface area (Å²) < 4.78 is 27.0. The van der Waals surface area contributed by atoms with Crippen LogP contribution in [0.25, 0.3) is 5.76 Å². The maximum atomic E-state index is 13.6. The number of rotatable bonds is 9. The second-order valence-corrected chi connectivity index (χ2v) is 10.2. The lowest BCUT2D eigenvalue weighted by Crippen LogP contribution is -2.29. The zero-order chi connectivity index (χ0) is 30.0. The van der Waals surface area contributed by atoms with Gasteiger partial charge in [0.1, 0.15) is 16.4 Å². The molecule has 1 fully saturated rings. The van der Waals surface area contributed by atoms with Gasteiger partial charge in [0.05, 0.1) is 51.9 Å². The summed E-state index contributed by atoms with van der Waals surface area (Å²) in [5.41, 5.74) is 0.798. The normalized spacial score (nSPS) is 16.2. The van der Waals surface area contributed by atoms with E-state index in [0.717, 1.165) is 16.2 Å². The quantitative estimate of drug-likeness (QED) is 0.164. The van der Waals surface area contributed by atoms with Crippen molar-refractivity contribution in [2.24, 2.45) is 0 Å². The molecule has 11 nitrogen and oxygen atoms in total. The van der Waals surface area contributed by atoms with E-state index in [1.165, 1.54) is 28.4 Å². The molecule has 2 aromatic carbocycles. The predicted octanol–water partition coefficient (Wildman–Crippen LogP) is 4.68. The van der Waals surface area contributed by atoms with Gasteiger partial charge in [0.2, 0.25) is 5.75 Å². The molecule has 1 saturated heterocycles. The average Bonchev–Trinajstić information content (AvgIpc) is 3.47. The first kappa shape index (κ1) is 29.4. The van der Waals surface area contributed by atoms with E-state index in [1.807, 2.05) is 13.8 Å². The fourth-order valence-electron chi connectivity index (χ4n) is 4.49. The molecule has 4 rings (SSSR count). The van der Waals surface area contributed by atoms with Gasteiger partial charge in [-0.15, -0.1) is 0 Å². The lowest BCUT2D eigenvalue weighted by molar-refractivity contribution is -0.132. The Bertz CT molecular complexity index is 1500. The Hall–Kier alpha value is -4.58. The molecule has 3 aromatic rings. The van der Waals surface area contributed by atoms with Gasteiger partial charge in [-0.3, -0.25) is 14.5 Å². The molecule has 2 heterocycles.